The van der Waals surface area contributed by atoms with Crippen LogP contribution >= 0.6 is 0 Å². The van der Waals surface area contributed by atoms with Crippen molar-refractivity contribution in [3.05, 3.63) is 11.6 Å². The van der Waals surface area contributed by atoms with Crippen LogP contribution in [0.1, 0.15) is 65.2 Å². The fraction of sp³-hybridized carbons (Fsp3) is 0.800. The molecule has 0 radical (unpaired) electrons. The van der Waals surface area contributed by atoms with E-state index in [2.05, 4.69) is 13.8 Å². The lowest BCUT2D eigenvalue weighted by Crippen LogP contribution is -2.51. The molecule has 23 heavy (non-hydrogen) atoms. The Bertz CT molecular complexity index is 592. The molecule has 3 fully saturated rings. The average molecular weight is 316 g/mol. The number of ketones is 1. The van der Waals surface area contributed by atoms with Gasteiger partial charge in [0.25, 0.3) is 0 Å². The normalized spacial score (nSPS) is 49.0. The molecule has 1 N–H and O–H groups in total. The molecule has 0 aromatic rings. The van der Waals surface area contributed by atoms with Crippen molar-refractivity contribution in [3.63, 3.8) is 0 Å². The van der Waals surface area contributed by atoms with Crippen LogP contribution in [0.5, 0.6) is 0 Å². The van der Waals surface area contributed by atoms with Gasteiger partial charge in [0, 0.05) is 6.42 Å². The summed E-state index contributed by atoms with van der Waals surface area (Å²) < 4.78 is 0. The number of fused-ring (bicyclic) bond motifs is 5. The SMILES string of the molecule is C[C@@]12CC[C@@H]3[C@H](CCC4=CC(=O)CC[C@]43C)[C@H]1CC[C@H]2C(=O)O. The Labute approximate surface area is 138 Å². The van der Waals surface area contributed by atoms with Crippen LogP contribution in [0.25, 0.3) is 0 Å². The van der Waals surface area contributed by atoms with Gasteiger partial charge in [0.1, 0.15) is 0 Å². The third kappa shape index (κ3) is 2.01. The van der Waals surface area contributed by atoms with Gasteiger partial charge in [-0.2, -0.15) is 0 Å². The molecule has 3 saturated carbocycles. The van der Waals surface area contributed by atoms with E-state index in [1.165, 1.54) is 5.57 Å². The quantitative estimate of drug-likeness (QED) is 0.788. The Morgan fingerprint density at radius 2 is 1.87 bits per heavy atom. The first kappa shape index (κ1) is 15.4. The van der Waals surface area contributed by atoms with Crippen molar-refractivity contribution in [3.8, 4) is 0 Å². The first-order valence-electron chi connectivity index (χ1n) is 9.33. The van der Waals surface area contributed by atoms with Crippen LogP contribution in [0.2, 0.25) is 0 Å². The summed E-state index contributed by atoms with van der Waals surface area (Å²) in [5.74, 6) is 1.46. The van der Waals surface area contributed by atoms with E-state index in [1.54, 1.807) is 0 Å². The molecule has 0 saturated heterocycles. The van der Waals surface area contributed by atoms with E-state index >= 15 is 0 Å². The highest BCUT2D eigenvalue weighted by Crippen LogP contribution is 2.66. The van der Waals surface area contributed by atoms with Crippen LogP contribution in [0.4, 0.5) is 0 Å². The van der Waals surface area contributed by atoms with E-state index in [1.807, 2.05) is 6.08 Å². The standard InChI is InChI=1S/C20H28O3/c1-19-9-7-13(21)11-12(19)3-4-14-15-5-6-17(18(22)23)20(15,2)10-8-16(14)19/h11,14-17H,3-10H2,1-2H3,(H,22,23)/t14-,15-,16-,17+,19-,20-/m1/s1. The van der Waals surface area contributed by atoms with Crippen molar-refractivity contribution < 1.29 is 14.7 Å². The second kappa shape index (κ2) is 4.94. The highest BCUT2D eigenvalue weighted by Gasteiger charge is 2.60. The Morgan fingerprint density at radius 1 is 1.09 bits per heavy atom. The zero-order valence-electron chi connectivity index (χ0n) is 14.3. The van der Waals surface area contributed by atoms with Gasteiger partial charge in [-0.15, -0.1) is 0 Å². The number of aliphatic carboxylic acids is 1. The van der Waals surface area contributed by atoms with Gasteiger partial charge < -0.3 is 5.11 Å². The average Bonchev–Trinajstić information content (AvgIpc) is 2.85. The number of hydrogen-bond acceptors (Lipinski definition) is 2. The van der Waals surface area contributed by atoms with E-state index in [0.29, 0.717) is 30.0 Å². The highest BCUT2D eigenvalue weighted by molar-refractivity contribution is 5.91. The predicted octanol–water partition coefficient (Wildman–Crippen LogP) is 4.22. The third-order valence-corrected chi connectivity index (χ3v) is 8.26. The van der Waals surface area contributed by atoms with Crippen molar-refractivity contribution in [1.82, 2.24) is 0 Å². The lowest BCUT2D eigenvalue weighted by atomic mass is 9.47. The summed E-state index contributed by atoms with van der Waals surface area (Å²) in [6.45, 7) is 4.63. The highest BCUT2D eigenvalue weighted by atomic mass is 16.4. The van der Waals surface area contributed by atoms with Crippen LogP contribution in [0, 0.1) is 34.5 Å². The van der Waals surface area contributed by atoms with Crippen LogP contribution < -0.4 is 0 Å². The fourth-order valence-corrected chi connectivity index (χ4v) is 6.97. The lowest BCUT2D eigenvalue weighted by molar-refractivity contribution is -0.149. The maximum atomic E-state index is 11.8. The smallest absolute Gasteiger partial charge is 0.307 e. The minimum atomic E-state index is -0.584. The molecule has 0 aromatic heterocycles. The Kier molecular flexibility index (Phi) is 3.31. The van der Waals surface area contributed by atoms with Crippen molar-refractivity contribution in [2.45, 2.75) is 65.2 Å². The molecule has 0 heterocycles. The second-order valence-corrected chi connectivity index (χ2v) is 8.98. The van der Waals surface area contributed by atoms with E-state index in [4.69, 9.17) is 0 Å². The molecule has 3 heteroatoms. The number of carbonyl (C=O) groups excluding carboxylic acids is 1. The number of hydrogen-bond donors (Lipinski definition) is 1. The summed E-state index contributed by atoms with van der Waals surface area (Å²) in [6.07, 6.45) is 9.99. The van der Waals surface area contributed by atoms with E-state index in [9.17, 15) is 14.7 Å². The first-order valence-corrected chi connectivity index (χ1v) is 9.33. The molecule has 4 aliphatic carbocycles. The predicted molar refractivity (Wildman–Crippen MR) is 87.8 cm³/mol. The number of carbonyl (C=O) groups is 2. The fourth-order valence-electron chi connectivity index (χ4n) is 6.97. The zero-order valence-corrected chi connectivity index (χ0v) is 14.3. The largest absolute Gasteiger partial charge is 0.481 e. The Balaban J connectivity index is 1.67. The van der Waals surface area contributed by atoms with Gasteiger partial charge in [-0.05, 0) is 79.6 Å². The zero-order chi connectivity index (χ0) is 16.4. The minimum absolute atomic E-state index is 0.00490. The molecule has 0 aliphatic heterocycles. The van der Waals surface area contributed by atoms with Gasteiger partial charge in [0.05, 0.1) is 5.92 Å². The molecule has 3 nitrogen and oxygen atoms in total. The number of rotatable bonds is 1. The molecular weight excluding hydrogens is 288 g/mol. The Morgan fingerprint density at radius 3 is 2.61 bits per heavy atom. The summed E-state index contributed by atoms with van der Waals surface area (Å²) in [5.41, 5.74) is 1.58. The third-order valence-electron chi connectivity index (χ3n) is 8.26. The second-order valence-electron chi connectivity index (χ2n) is 8.98. The number of carboxylic acids is 1. The summed E-state index contributed by atoms with van der Waals surface area (Å²) >= 11 is 0. The monoisotopic (exact) mass is 316 g/mol. The number of allylic oxidation sites excluding steroid dienone is 1. The van der Waals surface area contributed by atoms with E-state index in [0.717, 1.165) is 44.9 Å². The Hall–Kier alpha value is -1.12. The number of carboxylic acid groups (broad SMARTS) is 1. The van der Waals surface area contributed by atoms with Crippen LogP contribution in [-0.4, -0.2) is 16.9 Å². The summed E-state index contributed by atoms with van der Waals surface area (Å²) in [5, 5.41) is 9.63. The van der Waals surface area contributed by atoms with Gasteiger partial charge in [-0.3, -0.25) is 9.59 Å². The van der Waals surface area contributed by atoms with Gasteiger partial charge in [0.2, 0.25) is 0 Å². The van der Waals surface area contributed by atoms with Gasteiger partial charge in [-0.25, -0.2) is 0 Å². The van der Waals surface area contributed by atoms with Gasteiger partial charge in [-0.1, -0.05) is 19.4 Å². The summed E-state index contributed by atoms with van der Waals surface area (Å²) in [7, 11) is 0. The molecule has 126 valence electrons. The van der Waals surface area contributed by atoms with Crippen molar-refractivity contribution in [2.75, 3.05) is 0 Å². The molecule has 0 unspecified atom stereocenters. The molecule has 0 aromatic carbocycles. The molecule has 0 amide bonds. The topological polar surface area (TPSA) is 54.4 Å². The molecule has 0 bridgehead atoms. The van der Waals surface area contributed by atoms with E-state index in [-0.39, 0.29) is 16.7 Å². The summed E-state index contributed by atoms with van der Waals surface area (Å²) in [4.78, 5) is 23.5. The van der Waals surface area contributed by atoms with Crippen LogP contribution in [-0.2, 0) is 9.59 Å². The van der Waals surface area contributed by atoms with Crippen molar-refractivity contribution >= 4 is 11.8 Å². The van der Waals surface area contributed by atoms with Crippen LogP contribution in [0.15, 0.2) is 11.6 Å². The molecule has 6 atom stereocenters. The van der Waals surface area contributed by atoms with Crippen molar-refractivity contribution in [2.24, 2.45) is 34.5 Å². The van der Waals surface area contributed by atoms with Gasteiger partial charge in [0.15, 0.2) is 5.78 Å². The van der Waals surface area contributed by atoms with Crippen molar-refractivity contribution in [1.29, 1.82) is 0 Å². The van der Waals surface area contributed by atoms with E-state index < -0.39 is 5.97 Å². The molecule has 4 rings (SSSR count). The lowest BCUT2D eigenvalue weighted by Gasteiger charge is -2.57. The van der Waals surface area contributed by atoms with Crippen LogP contribution in [0.3, 0.4) is 0 Å². The molecule has 4 aliphatic rings. The molecule has 0 spiro atoms. The molecular formula is C20H28O3. The minimum Gasteiger partial charge on any atom is -0.481 e. The maximum absolute atomic E-state index is 11.8. The van der Waals surface area contributed by atoms with Gasteiger partial charge >= 0.3 is 5.97 Å². The first-order chi connectivity index (χ1) is 10.9. The maximum Gasteiger partial charge on any atom is 0.307 e. The summed E-state index contributed by atoms with van der Waals surface area (Å²) in [6, 6.07) is 0.